The molecule has 0 aliphatic rings. The van der Waals surface area contributed by atoms with E-state index in [0.717, 1.165) is 13.1 Å². The van der Waals surface area contributed by atoms with E-state index in [1.165, 1.54) is 0 Å². The van der Waals surface area contributed by atoms with Gasteiger partial charge in [-0.2, -0.15) is 0 Å². The number of aliphatic hydroxyl groups is 1. The van der Waals surface area contributed by atoms with Gasteiger partial charge in [-0.1, -0.05) is 5.21 Å². The Hall–Kier alpha value is -0.980. The van der Waals surface area contributed by atoms with Crippen molar-refractivity contribution in [2.24, 2.45) is 0 Å². The molecular weight excluding hydrogens is 194 g/mol. The first-order valence-corrected chi connectivity index (χ1v) is 5.06. The molecule has 1 heterocycles. The van der Waals surface area contributed by atoms with E-state index in [9.17, 15) is 5.11 Å². The molecule has 1 rings (SSSR count). The highest BCUT2D eigenvalue weighted by molar-refractivity contribution is 4.66. The van der Waals surface area contributed by atoms with Crippen LogP contribution in [0.5, 0.6) is 0 Å². The second-order valence-electron chi connectivity index (χ2n) is 3.79. The van der Waals surface area contributed by atoms with Gasteiger partial charge in [0.25, 0.3) is 0 Å². The fourth-order valence-electron chi connectivity index (χ4n) is 1.30. The van der Waals surface area contributed by atoms with E-state index in [0.29, 0.717) is 13.1 Å². The van der Waals surface area contributed by atoms with E-state index in [1.807, 2.05) is 25.2 Å². The van der Waals surface area contributed by atoms with Crippen LogP contribution in [-0.4, -0.2) is 64.8 Å². The first-order valence-electron chi connectivity index (χ1n) is 5.06. The quantitative estimate of drug-likeness (QED) is 0.556. The molecule has 1 unspecified atom stereocenters. The Morgan fingerprint density at radius 2 is 2.33 bits per heavy atom. The number of nitrogens with zero attached hydrogens (tertiary/aromatic N) is 4. The average Bonchev–Trinajstić information content (AvgIpc) is 2.63. The second-order valence-corrected chi connectivity index (χ2v) is 3.79. The Kier molecular flexibility index (Phi) is 5.23. The minimum Gasteiger partial charge on any atom is -0.390 e. The van der Waals surface area contributed by atoms with Crippen LogP contribution in [0.25, 0.3) is 0 Å². The first-order chi connectivity index (χ1) is 7.18. The number of aliphatic hydroxyl groups excluding tert-OH is 1. The zero-order chi connectivity index (χ0) is 11.1. The number of hydrogen-bond donors (Lipinski definition) is 2. The molecule has 0 bridgehead atoms. The summed E-state index contributed by atoms with van der Waals surface area (Å²) in [6, 6.07) is 0. The van der Waals surface area contributed by atoms with Crippen LogP contribution in [0.1, 0.15) is 0 Å². The van der Waals surface area contributed by atoms with Gasteiger partial charge in [0.05, 0.1) is 18.8 Å². The van der Waals surface area contributed by atoms with Crippen molar-refractivity contribution in [1.82, 2.24) is 25.2 Å². The molecule has 0 saturated carbocycles. The van der Waals surface area contributed by atoms with Crippen LogP contribution in [0, 0.1) is 0 Å². The van der Waals surface area contributed by atoms with Gasteiger partial charge in [0.1, 0.15) is 0 Å². The number of rotatable bonds is 7. The topological polar surface area (TPSA) is 66.2 Å². The van der Waals surface area contributed by atoms with Crippen LogP contribution in [0.2, 0.25) is 0 Å². The van der Waals surface area contributed by atoms with Gasteiger partial charge in [-0.15, -0.1) is 5.10 Å². The highest BCUT2D eigenvalue weighted by Crippen LogP contribution is 1.84. The van der Waals surface area contributed by atoms with Crippen molar-refractivity contribution in [2.45, 2.75) is 12.6 Å². The molecule has 0 aliphatic carbocycles. The molecule has 0 saturated heterocycles. The fourth-order valence-corrected chi connectivity index (χ4v) is 1.30. The molecule has 0 aromatic carbocycles. The van der Waals surface area contributed by atoms with Crippen LogP contribution in [-0.2, 0) is 6.54 Å². The van der Waals surface area contributed by atoms with Crippen LogP contribution in [0.3, 0.4) is 0 Å². The van der Waals surface area contributed by atoms with E-state index < -0.39 is 0 Å². The van der Waals surface area contributed by atoms with Crippen molar-refractivity contribution >= 4 is 0 Å². The van der Waals surface area contributed by atoms with Gasteiger partial charge in [0.2, 0.25) is 0 Å². The summed E-state index contributed by atoms with van der Waals surface area (Å²) in [5.74, 6) is 0. The van der Waals surface area contributed by atoms with Crippen molar-refractivity contribution in [2.75, 3.05) is 33.7 Å². The lowest BCUT2D eigenvalue weighted by Crippen LogP contribution is -2.36. The van der Waals surface area contributed by atoms with Crippen molar-refractivity contribution in [3.05, 3.63) is 12.4 Å². The van der Waals surface area contributed by atoms with Crippen molar-refractivity contribution in [1.29, 1.82) is 0 Å². The molecule has 0 radical (unpaired) electrons. The molecule has 2 N–H and O–H groups in total. The Balaban J connectivity index is 2.01. The molecule has 6 heteroatoms. The van der Waals surface area contributed by atoms with Crippen molar-refractivity contribution < 1.29 is 5.11 Å². The number of nitrogens with one attached hydrogen (secondary N) is 1. The zero-order valence-corrected chi connectivity index (χ0v) is 9.30. The van der Waals surface area contributed by atoms with E-state index >= 15 is 0 Å². The molecule has 6 nitrogen and oxygen atoms in total. The SMILES string of the molecule is CN(C)CC(O)CNCCn1ccnn1. The smallest absolute Gasteiger partial charge is 0.0791 e. The van der Waals surface area contributed by atoms with Gasteiger partial charge in [-0.3, -0.25) is 4.68 Å². The second kappa shape index (κ2) is 6.49. The Labute approximate surface area is 89.9 Å². The van der Waals surface area contributed by atoms with E-state index in [-0.39, 0.29) is 6.10 Å². The summed E-state index contributed by atoms with van der Waals surface area (Å²) >= 11 is 0. The minimum absolute atomic E-state index is 0.323. The van der Waals surface area contributed by atoms with Crippen LogP contribution in [0.15, 0.2) is 12.4 Å². The summed E-state index contributed by atoms with van der Waals surface area (Å²) < 4.78 is 1.76. The van der Waals surface area contributed by atoms with E-state index in [2.05, 4.69) is 15.6 Å². The number of aromatic nitrogens is 3. The molecular formula is C9H19N5O. The lowest BCUT2D eigenvalue weighted by Gasteiger charge is -2.16. The lowest BCUT2D eigenvalue weighted by molar-refractivity contribution is 0.134. The zero-order valence-electron chi connectivity index (χ0n) is 9.30. The molecule has 0 amide bonds. The third-order valence-corrected chi connectivity index (χ3v) is 1.95. The first kappa shape index (κ1) is 12.1. The predicted molar refractivity (Wildman–Crippen MR) is 57.5 cm³/mol. The maximum Gasteiger partial charge on any atom is 0.0791 e. The normalized spacial score (nSPS) is 13.3. The minimum atomic E-state index is -0.323. The van der Waals surface area contributed by atoms with E-state index in [1.54, 1.807) is 10.9 Å². The Bertz CT molecular complexity index is 249. The maximum absolute atomic E-state index is 9.54. The highest BCUT2D eigenvalue weighted by Gasteiger charge is 2.03. The van der Waals surface area contributed by atoms with Crippen molar-refractivity contribution in [3.8, 4) is 0 Å². The molecule has 0 spiro atoms. The summed E-state index contributed by atoms with van der Waals surface area (Å²) in [6.07, 6.45) is 3.15. The molecule has 0 fully saturated rings. The Morgan fingerprint density at radius 3 is 2.93 bits per heavy atom. The molecule has 86 valence electrons. The van der Waals surface area contributed by atoms with Gasteiger partial charge in [-0.05, 0) is 14.1 Å². The maximum atomic E-state index is 9.54. The third-order valence-electron chi connectivity index (χ3n) is 1.95. The summed E-state index contributed by atoms with van der Waals surface area (Å²) in [7, 11) is 3.89. The largest absolute Gasteiger partial charge is 0.390 e. The summed E-state index contributed by atoms with van der Waals surface area (Å²) in [5, 5.41) is 20.2. The summed E-state index contributed by atoms with van der Waals surface area (Å²) in [5.41, 5.74) is 0. The van der Waals surface area contributed by atoms with E-state index in [4.69, 9.17) is 0 Å². The van der Waals surface area contributed by atoms with Crippen LogP contribution < -0.4 is 5.32 Å². The molecule has 15 heavy (non-hydrogen) atoms. The van der Waals surface area contributed by atoms with Gasteiger partial charge in [-0.25, -0.2) is 0 Å². The van der Waals surface area contributed by atoms with Gasteiger partial charge >= 0.3 is 0 Å². The van der Waals surface area contributed by atoms with Gasteiger partial charge in [0, 0.05) is 25.8 Å². The van der Waals surface area contributed by atoms with Crippen molar-refractivity contribution in [3.63, 3.8) is 0 Å². The molecule has 1 aromatic heterocycles. The predicted octanol–water partition coefficient (Wildman–Crippen LogP) is -1.21. The fraction of sp³-hybridized carbons (Fsp3) is 0.778. The summed E-state index contributed by atoms with van der Waals surface area (Å²) in [4.78, 5) is 1.96. The molecule has 0 aliphatic heterocycles. The molecule has 1 atom stereocenters. The number of likely N-dealkylation sites (N-methyl/N-ethyl adjacent to an activating group) is 1. The third kappa shape index (κ3) is 5.46. The average molecular weight is 213 g/mol. The standard InChI is InChI=1S/C9H19N5O/c1-13(2)8-9(15)7-10-3-5-14-6-4-11-12-14/h4,6,9-10,15H,3,5,7-8H2,1-2H3. The monoisotopic (exact) mass is 213 g/mol. The van der Waals surface area contributed by atoms with Crippen LogP contribution >= 0.6 is 0 Å². The van der Waals surface area contributed by atoms with Gasteiger partial charge in [0.15, 0.2) is 0 Å². The highest BCUT2D eigenvalue weighted by atomic mass is 16.3. The lowest BCUT2D eigenvalue weighted by atomic mass is 10.3. The van der Waals surface area contributed by atoms with Gasteiger partial charge < -0.3 is 15.3 Å². The Morgan fingerprint density at radius 1 is 1.53 bits per heavy atom. The number of hydrogen-bond acceptors (Lipinski definition) is 5. The summed E-state index contributed by atoms with van der Waals surface area (Å²) in [6.45, 7) is 2.84. The molecule has 1 aromatic rings. The van der Waals surface area contributed by atoms with Crippen LogP contribution in [0.4, 0.5) is 0 Å².